The van der Waals surface area contributed by atoms with Crippen LogP contribution >= 0.6 is 23.7 Å². The maximum atomic E-state index is 14.0. The summed E-state index contributed by atoms with van der Waals surface area (Å²) in [6, 6.07) is 4.67. The number of rotatable bonds is 9. The van der Waals surface area contributed by atoms with Crippen LogP contribution in [0.3, 0.4) is 0 Å². The number of thiazole rings is 1. The van der Waals surface area contributed by atoms with Crippen LogP contribution in [0.5, 0.6) is 0 Å². The average Bonchev–Trinajstić information content (AvgIpc) is 3.03. The Bertz CT molecular complexity index is 903. The van der Waals surface area contributed by atoms with E-state index in [0.717, 1.165) is 23.7 Å². The second kappa shape index (κ2) is 10.4. The van der Waals surface area contributed by atoms with Crippen molar-refractivity contribution in [1.82, 2.24) is 14.2 Å². The Morgan fingerprint density at radius 1 is 1.21 bits per heavy atom. The van der Waals surface area contributed by atoms with Gasteiger partial charge in [0.25, 0.3) is 0 Å². The SMILES string of the molecule is CCN(CC)CCN(C(=O)CN(C)S(C)(=O)=O)c1nc2c(F)cccc2s1.Cl. The van der Waals surface area contributed by atoms with Crippen LogP contribution in [0.25, 0.3) is 10.2 Å². The number of halogens is 2. The molecular weight excluding hydrogens is 427 g/mol. The summed E-state index contributed by atoms with van der Waals surface area (Å²) in [7, 11) is -2.13. The van der Waals surface area contributed by atoms with Gasteiger partial charge < -0.3 is 4.90 Å². The summed E-state index contributed by atoms with van der Waals surface area (Å²) >= 11 is 1.22. The summed E-state index contributed by atoms with van der Waals surface area (Å²) in [6.45, 7) is 6.38. The molecule has 1 amide bonds. The molecule has 0 bridgehead atoms. The number of hydrogen-bond donors (Lipinski definition) is 0. The third-order valence-electron chi connectivity index (χ3n) is 4.35. The van der Waals surface area contributed by atoms with E-state index < -0.39 is 21.7 Å². The van der Waals surface area contributed by atoms with Gasteiger partial charge >= 0.3 is 0 Å². The van der Waals surface area contributed by atoms with E-state index in [0.29, 0.717) is 22.9 Å². The van der Waals surface area contributed by atoms with Crippen LogP contribution in [-0.4, -0.2) is 74.5 Å². The normalized spacial score (nSPS) is 11.8. The molecule has 0 radical (unpaired) electrons. The second-order valence-corrected chi connectivity index (χ2v) is 9.27. The molecule has 0 aliphatic rings. The Labute approximate surface area is 175 Å². The van der Waals surface area contributed by atoms with E-state index in [1.54, 1.807) is 12.1 Å². The minimum atomic E-state index is -3.49. The summed E-state index contributed by atoms with van der Waals surface area (Å²) in [6.07, 6.45) is 1.05. The summed E-state index contributed by atoms with van der Waals surface area (Å²) < 4.78 is 38.9. The molecule has 0 spiro atoms. The molecule has 0 aliphatic heterocycles. The topological polar surface area (TPSA) is 73.8 Å². The number of carbonyl (C=O) groups excluding carboxylic acids is 1. The minimum absolute atomic E-state index is 0. The number of fused-ring (bicyclic) bond motifs is 1. The molecule has 0 saturated heterocycles. The molecule has 0 N–H and O–H groups in total. The van der Waals surface area contributed by atoms with E-state index in [1.165, 1.54) is 29.4 Å². The van der Waals surface area contributed by atoms with Crippen LogP contribution < -0.4 is 4.90 Å². The van der Waals surface area contributed by atoms with Crippen LogP contribution in [0, 0.1) is 5.82 Å². The quantitative estimate of drug-likeness (QED) is 0.584. The summed E-state index contributed by atoms with van der Waals surface area (Å²) in [5, 5.41) is 0.370. The van der Waals surface area contributed by atoms with Gasteiger partial charge in [-0.2, -0.15) is 4.31 Å². The number of hydrogen-bond acceptors (Lipinski definition) is 6. The lowest BCUT2D eigenvalue weighted by Gasteiger charge is -2.26. The maximum absolute atomic E-state index is 14.0. The highest BCUT2D eigenvalue weighted by Gasteiger charge is 2.24. The van der Waals surface area contributed by atoms with Crippen LogP contribution in [0.2, 0.25) is 0 Å². The van der Waals surface area contributed by atoms with Crippen LogP contribution in [0.1, 0.15) is 13.8 Å². The summed E-state index contributed by atoms with van der Waals surface area (Å²) in [5.41, 5.74) is 0.217. The Kier molecular flexibility index (Phi) is 9.22. The number of sulfonamides is 1. The average molecular weight is 453 g/mol. The third-order valence-corrected chi connectivity index (χ3v) is 6.65. The number of likely N-dealkylation sites (N-methyl/N-ethyl adjacent to an activating group) is 2. The van der Waals surface area contributed by atoms with Crippen molar-refractivity contribution in [2.75, 3.05) is 50.9 Å². The zero-order valence-electron chi connectivity index (χ0n) is 16.4. The first-order valence-corrected chi connectivity index (χ1v) is 11.3. The number of para-hydroxylation sites is 1. The standard InChI is InChI=1S/C17H25FN4O3S2.ClH/c1-5-21(6-2)10-11-22(15(23)12-20(3)27(4,24)25)17-19-16-13(18)8-7-9-14(16)26-17;/h7-9H,5-6,10-12H2,1-4H3;1H. The Hall–Kier alpha value is -1.33. The van der Waals surface area contributed by atoms with Gasteiger partial charge in [-0.1, -0.05) is 31.3 Å². The molecule has 7 nitrogen and oxygen atoms in total. The van der Waals surface area contributed by atoms with Gasteiger partial charge in [0.1, 0.15) is 11.3 Å². The molecular formula is C17H26ClFN4O3S2. The largest absolute Gasteiger partial charge is 0.302 e. The first kappa shape index (κ1) is 24.7. The molecule has 11 heteroatoms. The van der Waals surface area contributed by atoms with Crippen molar-refractivity contribution >= 4 is 55.0 Å². The van der Waals surface area contributed by atoms with E-state index in [9.17, 15) is 17.6 Å². The maximum Gasteiger partial charge on any atom is 0.244 e. The van der Waals surface area contributed by atoms with E-state index in [2.05, 4.69) is 9.88 Å². The summed E-state index contributed by atoms with van der Waals surface area (Å²) in [5.74, 6) is -0.839. The molecule has 158 valence electrons. The van der Waals surface area contributed by atoms with Gasteiger partial charge in [0.15, 0.2) is 5.13 Å². The van der Waals surface area contributed by atoms with E-state index in [-0.39, 0.29) is 24.5 Å². The van der Waals surface area contributed by atoms with Gasteiger partial charge in [-0.3, -0.25) is 9.69 Å². The monoisotopic (exact) mass is 452 g/mol. The fraction of sp³-hybridized carbons (Fsp3) is 0.529. The zero-order valence-corrected chi connectivity index (χ0v) is 18.8. The number of aromatic nitrogens is 1. The molecule has 0 atom stereocenters. The zero-order chi connectivity index (χ0) is 20.2. The second-order valence-electron chi connectivity index (χ2n) is 6.17. The Morgan fingerprint density at radius 2 is 1.86 bits per heavy atom. The Morgan fingerprint density at radius 3 is 2.39 bits per heavy atom. The van der Waals surface area contributed by atoms with E-state index >= 15 is 0 Å². The van der Waals surface area contributed by atoms with Crippen molar-refractivity contribution in [1.29, 1.82) is 0 Å². The van der Waals surface area contributed by atoms with Crippen molar-refractivity contribution < 1.29 is 17.6 Å². The number of nitrogens with zero attached hydrogens (tertiary/aromatic N) is 4. The van der Waals surface area contributed by atoms with Crippen molar-refractivity contribution in [3.05, 3.63) is 24.0 Å². The van der Waals surface area contributed by atoms with Gasteiger partial charge in [-0.25, -0.2) is 17.8 Å². The highest BCUT2D eigenvalue weighted by Crippen LogP contribution is 2.30. The van der Waals surface area contributed by atoms with Gasteiger partial charge in [-0.15, -0.1) is 12.4 Å². The minimum Gasteiger partial charge on any atom is -0.302 e. The first-order valence-electron chi connectivity index (χ1n) is 8.66. The summed E-state index contributed by atoms with van der Waals surface area (Å²) in [4.78, 5) is 20.7. The lowest BCUT2D eigenvalue weighted by Crippen LogP contribution is -2.44. The fourth-order valence-electron chi connectivity index (χ4n) is 2.52. The van der Waals surface area contributed by atoms with Crippen LogP contribution in [0.15, 0.2) is 18.2 Å². The predicted octanol–water partition coefficient (Wildman–Crippen LogP) is 2.42. The van der Waals surface area contributed by atoms with Crippen LogP contribution in [0.4, 0.5) is 9.52 Å². The van der Waals surface area contributed by atoms with Gasteiger partial charge in [0.05, 0.1) is 17.5 Å². The van der Waals surface area contributed by atoms with Crippen molar-refractivity contribution in [2.45, 2.75) is 13.8 Å². The lowest BCUT2D eigenvalue weighted by molar-refractivity contribution is -0.118. The van der Waals surface area contributed by atoms with Crippen molar-refractivity contribution in [3.63, 3.8) is 0 Å². The van der Waals surface area contributed by atoms with E-state index in [4.69, 9.17) is 0 Å². The number of amides is 1. The van der Waals surface area contributed by atoms with Gasteiger partial charge in [0, 0.05) is 20.1 Å². The molecule has 1 aromatic heterocycles. The molecule has 0 fully saturated rings. The molecule has 1 heterocycles. The molecule has 28 heavy (non-hydrogen) atoms. The number of benzene rings is 1. The number of carbonyl (C=O) groups is 1. The van der Waals surface area contributed by atoms with E-state index in [1.807, 2.05) is 13.8 Å². The Balaban J connectivity index is 0.00000392. The molecule has 0 unspecified atom stereocenters. The predicted molar refractivity (Wildman–Crippen MR) is 114 cm³/mol. The highest BCUT2D eigenvalue weighted by molar-refractivity contribution is 7.88. The first-order chi connectivity index (χ1) is 12.7. The molecule has 1 aromatic carbocycles. The molecule has 0 saturated carbocycles. The molecule has 0 aliphatic carbocycles. The fourth-order valence-corrected chi connectivity index (χ4v) is 3.89. The van der Waals surface area contributed by atoms with Crippen molar-refractivity contribution in [2.24, 2.45) is 0 Å². The lowest BCUT2D eigenvalue weighted by atomic mass is 10.3. The number of anilines is 1. The van der Waals surface area contributed by atoms with Crippen LogP contribution in [-0.2, 0) is 14.8 Å². The van der Waals surface area contributed by atoms with Gasteiger partial charge in [0.2, 0.25) is 15.9 Å². The smallest absolute Gasteiger partial charge is 0.244 e. The molecule has 2 rings (SSSR count). The van der Waals surface area contributed by atoms with Gasteiger partial charge in [-0.05, 0) is 25.2 Å². The highest BCUT2D eigenvalue weighted by atomic mass is 35.5. The third kappa shape index (κ3) is 6.08. The van der Waals surface area contributed by atoms with Crippen molar-refractivity contribution in [3.8, 4) is 0 Å². The molecule has 2 aromatic rings.